The van der Waals surface area contributed by atoms with Crippen LogP contribution in [0, 0.1) is 5.92 Å². The number of hydrogen-bond donors (Lipinski definition) is 8. The highest BCUT2D eigenvalue weighted by Crippen LogP contribution is 2.21. The highest BCUT2D eigenvalue weighted by Gasteiger charge is 2.40. The van der Waals surface area contributed by atoms with Crippen molar-refractivity contribution in [3.8, 4) is 0 Å². The molecule has 1 heterocycles. The van der Waals surface area contributed by atoms with Crippen molar-refractivity contribution >= 4 is 41.5 Å². The Morgan fingerprint density at radius 2 is 1.45 bits per heavy atom. The lowest BCUT2D eigenvalue weighted by Crippen LogP contribution is -2.59. The third kappa shape index (κ3) is 11.2. The molecular formula is C26H45N7O9. The van der Waals surface area contributed by atoms with Gasteiger partial charge in [-0.15, -0.1) is 0 Å². The normalized spacial score (nSPS) is 18.3. The maximum Gasteiger partial charge on any atom is 0.326 e. The number of carbonyl (C=O) groups excluding carboxylic acids is 5. The summed E-state index contributed by atoms with van der Waals surface area (Å²) in [5, 5.41) is 28.1. The second kappa shape index (κ2) is 17.2. The lowest BCUT2D eigenvalue weighted by molar-refractivity contribution is -0.143. The molecule has 0 radical (unpaired) electrons. The molecule has 5 amide bonds. The Morgan fingerprint density at radius 3 is 2.00 bits per heavy atom. The predicted octanol–water partition coefficient (Wildman–Crippen LogP) is -2.37. The van der Waals surface area contributed by atoms with Crippen LogP contribution in [-0.2, 0) is 33.6 Å². The van der Waals surface area contributed by atoms with E-state index in [1.807, 2.05) is 0 Å². The molecule has 0 saturated carbocycles. The van der Waals surface area contributed by atoms with Gasteiger partial charge in [0, 0.05) is 6.54 Å². The van der Waals surface area contributed by atoms with Crippen molar-refractivity contribution in [2.75, 3.05) is 13.1 Å². The van der Waals surface area contributed by atoms with Gasteiger partial charge in [0.25, 0.3) is 0 Å². The summed E-state index contributed by atoms with van der Waals surface area (Å²) in [5.41, 5.74) is 11.0. The SMILES string of the molecule is CC(C)[C@H](NC(=O)[C@@H](N)CC(=O)O)C(=O)N1CCC[C@H]1C(=O)N[C@@H](C)C(=O)N[C@@H](C)C(=O)N[C@@H](CCCCN)C(=O)O. The van der Waals surface area contributed by atoms with Gasteiger partial charge in [-0.25, -0.2) is 4.79 Å². The van der Waals surface area contributed by atoms with E-state index in [1.54, 1.807) is 13.8 Å². The number of amides is 5. The molecule has 0 spiro atoms. The first-order chi connectivity index (χ1) is 19.6. The van der Waals surface area contributed by atoms with Crippen LogP contribution < -0.4 is 32.7 Å². The minimum atomic E-state index is -1.36. The maximum absolute atomic E-state index is 13.3. The van der Waals surface area contributed by atoms with E-state index in [4.69, 9.17) is 16.6 Å². The van der Waals surface area contributed by atoms with Crippen LogP contribution in [0.15, 0.2) is 0 Å². The number of hydrogen-bond acceptors (Lipinski definition) is 9. The lowest BCUT2D eigenvalue weighted by Gasteiger charge is -2.31. The third-order valence-corrected chi connectivity index (χ3v) is 6.87. The molecule has 16 nitrogen and oxygen atoms in total. The van der Waals surface area contributed by atoms with Gasteiger partial charge < -0.3 is 47.8 Å². The summed E-state index contributed by atoms with van der Waals surface area (Å²) in [4.78, 5) is 87.6. The molecule has 0 aliphatic carbocycles. The minimum Gasteiger partial charge on any atom is -0.481 e. The topological polar surface area (TPSA) is 263 Å². The predicted molar refractivity (Wildman–Crippen MR) is 149 cm³/mol. The smallest absolute Gasteiger partial charge is 0.326 e. The van der Waals surface area contributed by atoms with Crippen LogP contribution in [0.4, 0.5) is 0 Å². The van der Waals surface area contributed by atoms with E-state index in [2.05, 4.69) is 21.3 Å². The van der Waals surface area contributed by atoms with E-state index in [9.17, 15) is 38.7 Å². The standard InChI is InChI=1S/C26H45N7O9/c1-13(2)20(32-23(38)16(28)12-19(34)35)25(40)33-11-7-9-18(33)24(39)30-14(3)21(36)29-15(4)22(37)31-17(26(41)42)8-5-6-10-27/h13-18,20H,5-12,27-28H2,1-4H3,(H,29,36)(H,30,39)(H,31,37)(H,32,38)(H,34,35)(H,41,42)/t14-,15-,16-,17-,18-,20-/m0/s1. The number of likely N-dealkylation sites (tertiary alicyclic amines) is 1. The Bertz CT molecular complexity index is 1010. The van der Waals surface area contributed by atoms with Crippen molar-refractivity contribution < 1.29 is 43.8 Å². The highest BCUT2D eigenvalue weighted by molar-refractivity contribution is 5.96. The molecule has 16 heteroatoms. The molecule has 0 aromatic carbocycles. The van der Waals surface area contributed by atoms with E-state index in [1.165, 1.54) is 18.7 Å². The van der Waals surface area contributed by atoms with Crippen molar-refractivity contribution in [3.05, 3.63) is 0 Å². The summed E-state index contributed by atoms with van der Waals surface area (Å²) < 4.78 is 0. The number of unbranched alkanes of at least 4 members (excludes halogenated alkanes) is 1. The second-order valence-electron chi connectivity index (χ2n) is 10.8. The van der Waals surface area contributed by atoms with Gasteiger partial charge in [0.1, 0.15) is 30.2 Å². The van der Waals surface area contributed by atoms with E-state index in [0.29, 0.717) is 32.2 Å². The van der Waals surface area contributed by atoms with Gasteiger partial charge in [-0.2, -0.15) is 0 Å². The molecule has 1 aliphatic rings. The highest BCUT2D eigenvalue weighted by atomic mass is 16.4. The monoisotopic (exact) mass is 599 g/mol. The zero-order chi connectivity index (χ0) is 32.1. The number of nitrogens with one attached hydrogen (secondary N) is 4. The van der Waals surface area contributed by atoms with Gasteiger partial charge in [0.2, 0.25) is 29.5 Å². The lowest BCUT2D eigenvalue weighted by atomic mass is 10.0. The quantitative estimate of drug-likeness (QED) is 0.0819. The van der Waals surface area contributed by atoms with Crippen molar-refractivity contribution in [2.45, 2.75) is 102 Å². The summed E-state index contributed by atoms with van der Waals surface area (Å²) >= 11 is 0. The zero-order valence-electron chi connectivity index (χ0n) is 24.6. The Hall–Kier alpha value is -3.79. The summed E-state index contributed by atoms with van der Waals surface area (Å²) in [6, 6.07) is -6.68. The van der Waals surface area contributed by atoms with Crippen LogP contribution in [0.3, 0.4) is 0 Å². The second-order valence-corrected chi connectivity index (χ2v) is 10.8. The molecule has 0 aromatic heterocycles. The van der Waals surface area contributed by atoms with Crippen LogP contribution >= 0.6 is 0 Å². The number of carbonyl (C=O) groups is 7. The van der Waals surface area contributed by atoms with Gasteiger partial charge in [-0.3, -0.25) is 28.8 Å². The fourth-order valence-corrected chi connectivity index (χ4v) is 4.36. The van der Waals surface area contributed by atoms with Gasteiger partial charge >= 0.3 is 11.9 Å². The van der Waals surface area contributed by atoms with Crippen LogP contribution in [0.5, 0.6) is 0 Å². The molecule has 42 heavy (non-hydrogen) atoms. The number of nitrogens with two attached hydrogens (primary N) is 2. The Balaban J connectivity index is 2.79. The molecule has 1 aliphatic heterocycles. The van der Waals surface area contributed by atoms with Gasteiger partial charge in [0.15, 0.2) is 0 Å². The van der Waals surface area contributed by atoms with Crippen LogP contribution in [0.2, 0.25) is 0 Å². The fraction of sp³-hybridized carbons (Fsp3) is 0.731. The van der Waals surface area contributed by atoms with Gasteiger partial charge in [0.05, 0.1) is 12.5 Å². The average Bonchev–Trinajstić information content (AvgIpc) is 3.40. The fourth-order valence-electron chi connectivity index (χ4n) is 4.36. The molecule has 1 saturated heterocycles. The molecule has 1 rings (SSSR count). The Morgan fingerprint density at radius 1 is 0.857 bits per heavy atom. The van der Waals surface area contributed by atoms with Crippen molar-refractivity contribution in [2.24, 2.45) is 17.4 Å². The molecule has 10 N–H and O–H groups in total. The van der Waals surface area contributed by atoms with Gasteiger partial charge in [-0.1, -0.05) is 13.8 Å². The summed E-state index contributed by atoms with van der Waals surface area (Å²) in [7, 11) is 0. The number of rotatable bonds is 17. The van der Waals surface area contributed by atoms with E-state index in [-0.39, 0.29) is 13.0 Å². The van der Waals surface area contributed by atoms with Crippen LogP contribution in [0.25, 0.3) is 0 Å². The van der Waals surface area contributed by atoms with Crippen molar-refractivity contribution in [3.63, 3.8) is 0 Å². The number of carboxylic acids is 2. The molecular weight excluding hydrogens is 554 g/mol. The van der Waals surface area contributed by atoms with Gasteiger partial charge in [-0.05, 0) is 58.4 Å². The Labute approximate surface area is 244 Å². The van der Waals surface area contributed by atoms with E-state index >= 15 is 0 Å². The molecule has 0 unspecified atom stereocenters. The van der Waals surface area contributed by atoms with E-state index in [0.717, 1.165) is 0 Å². The first-order valence-electron chi connectivity index (χ1n) is 14.0. The zero-order valence-corrected chi connectivity index (χ0v) is 24.6. The molecule has 6 atom stereocenters. The van der Waals surface area contributed by atoms with Crippen LogP contribution in [-0.4, -0.2) is 106 Å². The Kier molecular flexibility index (Phi) is 14.9. The largest absolute Gasteiger partial charge is 0.481 e. The number of nitrogens with zero attached hydrogens (tertiary/aromatic N) is 1. The summed E-state index contributed by atoms with van der Waals surface area (Å²) in [6.07, 6.45) is 1.46. The van der Waals surface area contributed by atoms with Crippen LogP contribution in [0.1, 0.15) is 66.2 Å². The molecule has 238 valence electrons. The summed E-state index contributed by atoms with van der Waals surface area (Å²) in [5.74, 6) is -6.24. The minimum absolute atomic E-state index is 0.179. The molecule has 0 aromatic rings. The first kappa shape index (κ1) is 36.2. The van der Waals surface area contributed by atoms with Crippen molar-refractivity contribution in [1.29, 1.82) is 0 Å². The van der Waals surface area contributed by atoms with E-state index < -0.39 is 90.1 Å². The number of aliphatic carboxylic acids is 2. The van der Waals surface area contributed by atoms with Crippen molar-refractivity contribution in [1.82, 2.24) is 26.2 Å². The first-order valence-corrected chi connectivity index (χ1v) is 14.0. The average molecular weight is 600 g/mol. The summed E-state index contributed by atoms with van der Waals surface area (Å²) in [6.45, 7) is 6.75. The third-order valence-electron chi connectivity index (χ3n) is 6.87. The number of carboxylic acid groups (broad SMARTS) is 2. The molecule has 0 bridgehead atoms. The maximum atomic E-state index is 13.3. The molecule has 1 fully saturated rings.